The molecule has 0 bridgehead atoms. The SMILES string of the molecule is OCCOc1ccc2ccccc2c1-c1c(OCCOc2ccc3c(c2)Oc2cc(OCCOc4ccc5ccccc5c4-c4c(OCCO)ccc5ccccc45)ccc2C32c3ccccc3-c3ccccc32)ccc2ccccc12. The lowest BCUT2D eigenvalue weighted by molar-refractivity contribution is 0.202. The molecule has 9 nitrogen and oxygen atoms in total. The summed E-state index contributed by atoms with van der Waals surface area (Å²) in [5.74, 6) is 5.37. The van der Waals surface area contributed by atoms with Gasteiger partial charge in [0, 0.05) is 45.5 Å². The molecule has 1 aliphatic heterocycles. The number of ether oxygens (including phenoxy) is 7. The maximum Gasteiger partial charge on any atom is 0.135 e. The largest absolute Gasteiger partial charge is 0.491 e. The Balaban J connectivity index is 0.757. The Kier molecular flexibility index (Phi) is 13.3. The van der Waals surface area contributed by atoms with Crippen molar-refractivity contribution in [2.75, 3.05) is 52.9 Å². The lowest BCUT2D eigenvalue weighted by atomic mass is 9.66. The van der Waals surface area contributed by atoms with Gasteiger partial charge in [-0.3, -0.25) is 0 Å². The first-order valence-corrected chi connectivity index (χ1v) is 27.8. The summed E-state index contributed by atoms with van der Waals surface area (Å²) in [4.78, 5) is 0. The van der Waals surface area contributed by atoms with Crippen LogP contribution in [0.4, 0.5) is 0 Å². The summed E-state index contributed by atoms with van der Waals surface area (Å²) in [7, 11) is 0. The van der Waals surface area contributed by atoms with E-state index in [1.54, 1.807) is 0 Å². The predicted octanol–water partition coefficient (Wildman–Crippen LogP) is 15.8. The van der Waals surface area contributed by atoms with E-state index in [0.29, 0.717) is 46.0 Å². The fraction of sp³-hybridized carbons (Fsp3) is 0.123. The Bertz CT molecular complexity index is 4120. The van der Waals surface area contributed by atoms with Gasteiger partial charge in [0.2, 0.25) is 0 Å². The van der Waals surface area contributed by atoms with E-state index in [0.717, 1.165) is 76.5 Å². The highest BCUT2D eigenvalue weighted by atomic mass is 16.5. The first-order valence-electron chi connectivity index (χ1n) is 27.8. The van der Waals surface area contributed by atoms with Crippen molar-refractivity contribution >= 4 is 43.1 Å². The Morgan fingerprint density at radius 1 is 0.293 bits per heavy atom. The van der Waals surface area contributed by atoms with Gasteiger partial charge in [-0.05, 0) is 102 Å². The standard InChI is InChI=1S/C73H56O9/c74-37-39-78-63-33-25-47-13-1-5-17-53(47)69(63)71-55-19-7-3-15-49(55)27-35-65(71)80-43-41-76-51-29-31-61-67(45-51)82-68-46-52(30-32-62(68)73(61)59-23-11-9-21-57(59)58-22-10-12-24-60(58)73)77-42-44-81-66-36-28-50-16-4-8-20-56(50)72(66)70-54-18-6-2-14-48(54)26-34-64(70)79-40-38-75/h1-36,45-46,74-75H,37-44H2. The maximum atomic E-state index is 9.79. The van der Waals surface area contributed by atoms with Gasteiger partial charge in [0.25, 0.3) is 0 Å². The Labute approximate surface area is 474 Å². The molecule has 9 heteroatoms. The van der Waals surface area contributed by atoms with Crippen LogP contribution in [0, 0.1) is 0 Å². The van der Waals surface area contributed by atoms with Crippen LogP contribution in [-0.2, 0) is 5.41 Å². The van der Waals surface area contributed by atoms with Crippen molar-refractivity contribution in [1.82, 2.24) is 0 Å². The molecule has 0 aromatic heterocycles. The summed E-state index contributed by atoms with van der Waals surface area (Å²) in [6, 6.07) is 79.0. The van der Waals surface area contributed by atoms with Crippen LogP contribution in [0.15, 0.2) is 231 Å². The molecule has 0 saturated heterocycles. The zero-order valence-corrected chi connectivity index (χ0v) is 44.8. The molecule has 0 radical (unpaired) electrons. The molecule has 1 aliphatic carbocycles. The normalized spacial score (nSPS) is 12.6. The van der Waals surface area contributed by atoms with Gasteiger partial charge < -0.3 is 43.4 Å². The first kappa shape index (κ1) is 50.4. The molecule has 2 aliphatic rings. The summed E-state index contributed by atoms with van der Waals surface area (Å²) in [5, 5.41) is 28.0. The second-order valence-corrected chi connectivity index (χ2v) is 20.4. The molecule has 2 N–H and O–H groups in total. The minimum atomic E-state index is -0.693. The quantitative estimate of drug-likeness (QED) is 0.0813. The molecule has 0 amide bonds. The molecule has 14 rings (SSSR count). The fourth-order valence-corrected chi connectivity index (χ4v) is 12.5. The number of fused-ring (bicyclic) bond motifs is 13. The first-order chi connectivity index (χ1) is 40.6. The van der Waals surface area contributed by atoms with Crippen molar-refractivity contribution in [3.8, 4) is 79.4 Å². The topological polar surface area (TPSA) is 105 Å². The monoisotopic (exact) mass is 1080 g/mol. The van der Waals surface area contributed by atoms with Crippen molar-refractivity contribution in [2.45, 2.75) is 5.41 Å². The summed E-state index contributed by atoms with van der Waals surface area (Å²) in [6.45, 7) is 1.13. The van der Waals surface area contributed by atoms with Crippen LogP contribution in [0.1, 0.15) is 22.3 Å². The average Bonchev–Trinajstić information content (AvgIpc) is 1.76. The highest BCUT2D eigenvalue weighted by Gasteiger charge is 2.51. The number of hydrogen-bond acceptors (Lipinski definition) is 9. The molecule has 1 spiro atoms. The van der Waals surface area contributed by atoms with Crippen LogP contribution >= 0.6 is 0 Å². The van der Waals surface area contributed by atoms with E-state index in [-0.39, 0.29) is 52.9 Å². The third-order valence-corrected chi connectivity index (χ3v) is 15.9. The van der Waals surface area contributed by atoms with E-state index in [4.69, 9.17) is 33.2 Å². The molecule has 402 valence electrons. The van der Waals surface area contributed by atoms with Crippen LogP contribution in [-0.4, -0.2) is 63.1 Å². The number of rotatable bonds is 18. The van der Waals surface area contributed by atoms with Crippen molar-refractivity contribution in [1.29, 1.82) is 0 Å². The van der Waals surface area contributed by atoms with Crippen LogP contribution in [0.2, 0.25) is 0 Å². The lowest BCUT2D eigenvalue weighted by Crippen LogP contribution is -2.32. The van der Waals surface area contributed by atoms with Crippen molar-refractivity contribution < 1.29 is 43.4 Å². The van der Waals surface area contributed by atoms with E-state index in [1.165, 1.54) is 22.3 Å². The minimum absolute atomic E-state index is 0.106. The average molecular weight is 1080 g/mol. The van der Waals surface area contributed by atoms with Gasteiger partial charge in [-0.25, -0.2) is 0 Å². The second-order valence-electron chi connectivity index (χ2n) is 20.4. The predicted molar refractivity (Wildman–Crippen MR) is 325 cm³/mol. The number of aliphatic hydroxyl groups excluding tert-OH is 2. The van der Waals surface area contributed by atoms with Gasteiger partial charge in [0.15, 0.2) is 0 Å². The minimum Gasteiger partial charge on any atom is -0.491 e. The van der Waals surface area contributed by atoms with Gasteiger partial charge >= 0.3 is 0 Å². The van der Waals surface area contributed by atoms with Gasteiger partial charge in [-0.2, -0.15) is 0 Å². The van der Waals surface area contributed by atoms with Crippen molar-refractivity contribution in [3.63, 3.8) is 0 Å². The third kappa shape index (κ3) is 8.73. The van der Waals surface area contributed by atoms with Crippen LogP contribution in [0.5, 0.6) is 46.0 Å². The smallest absolute Gasteiger partial charge is 0.135 e. The molecule has 0 saturated carbocycles. The molecule has 1 heterocycles. The van der Waals surface area contributed by atoms with E-state index in [1.807, 2.05) is 109 Å². The molecular weight excluding hydrogens is 1020 g/mol. The molecule has 82 heavy (non-hydrogen) atoms. The summed E-state index contributed by atoms with van der Waals surface area (Å²) >= 11 is 0. The van der Waals surface area contributed by atoms with E-state index in [9.17, 15) is 10.2 Å². The van der Waals surface area contributed by atoms with E-state index >= 15 is 0 Å². The Morgan fingerprint density at radius 2 is 0.610 bits per heavy atom. The van der Waals surface area contributed by atoms with Crippen molar-refractivity contribution in [2.24, 2.45) is 0 Å². The van der Waals surface area contributed by atoms with E-state index in [2.05, 4.69) is 121 Å². The van der Waals surface area contributed by atoms with Crippen LogP contribution in [0.25, 0.3) is 76.5 Å². The Hall–Kier alpha value is -9.80. The van der Waals surface area contributed by atoms with Crippen LogP contribution in [0.3, 0.4) is 0 Å². The van der Waals surface area contributed by atoms with Gasteiger partial charge in [0.1, 0.15) is 85.6 Å². The summed E-state index contributed by atoms with van der Waals surface area (Å²) in [5.41, 5.74) is 9.69. The molecular formula is C73H56O9. The molecule has 0 unspecified atom stereocenters. The third-order valence-electron chi connectivity index (χ3n) is 15.9. The molecule has 0 fully saturated rings. The molecule has 12 aromatic rings. The Morgan fingerprint density at radius 3 is 0.976 bits per heavy atom. The van der Waals surface area contributed by atoms with Gasteiger partial charge in [-0.15, -0.1) is 0 Å². The zero-order chi connectivity index (χ0) is 55.0. The highest BCUT2D eigenvalue weighted by Crippen LogP contribution is 2.63. The number of aliphatic hydroxyl groups is 2. The fourth-order valence-electron chi connectivity index (χ4n) is 12.5. The van der Waals surface area contributed by atoms with Crippen molar-refractivity contribution in [3.05, 3.63) is 253 Å². The molecule has 0 atom stereocenters. The molecule has 12 aromatic carbocycles. The number of hydrogen-bond donors (Lipinski definition) is 2. The van der Waals surface area contributed by atoms with Crippen LogP contribution < -0.4 is 33.2 Å². The highest BCUT2D eigenvalue weighted by molar-refractivity contribution is 6.11. The van der Waals surface area contributed by atoms with Gasteiger partial charge in [-0.1, -0.05) is 182 Å². The summed E-state index contributed by atoms with van der Waals surface area (Å²) < 4.78 is 46.0. The lowest BCUT2D eigenvalue weighted by Gasteiger charge is -2.39. The number of benzene rings is 12. The van der Waals surface area contributed by atoms with E-state index < -0.39 is 5.41 Å². The zero-order valence-electron chi connectivity index (χ0n) is 44.8. The second kappa shape index (κ2) is 21.7. The maximum absolute atomic E-state index is 9.79. The summed E-state index contributed by atoms with van der Waals surface area (Å²) in [6.07, 6.45) is 0. The van der Waals surface area contributed by atoms with Gasteiger partial charge in [0.05, 0.1) is 18.6 Å².